The molecule has 6 heteroatoms. The molecule has 108 valence electrons. The first kappa shape index (κ1) is 15.5. The molecule has 1 atom stereocenters. The van der Waals surface area contributed by atoms with E-state index in [9.17, 15) is 14.4 Å². The second-order valence-corrected chi connectivity index (χ2v) is 5.02. The van der Waals surface area contributed by atoms with Crippen LogP contribution in [0.1, 0.15) is 39.0 Å². The minimum Gasteiger partial charge on any atom is -0.481 e. The fourth-order valence-corrected chi connectivity index (χ4v) is 1.97. The molecule has 1 fully saturated rings. The molecule has 0 saturated carbocycles. The van der Waals surface area contributed by atoms with Crippen LogP contribution in [0, 0.1) is 5.92 Å². The van der Waals surface area contributed by atoms with Crippen molar-refractivity contribution in [3.05, 3.63) is 0 Å². The first-order chi connectivity index (χ1) is 9.00. The second kappa shape index (κ2) is 7.76. The molecule has 0 aliphatic carbocycles. The minimum absolute atomic E-state index is 0.0149. The minimum atomic E-state index is -0.942. The van der Waals surface area contributed by atoms with Crippen molar-refractivity contribution in [1.29, 1.82) is 0 Å². The third-order valence-corrected chi connectivity index (χ3v) is 3.28. The third kappa shape index (κ3) is 5.72. The highest BCUT2D eigenvalue weighted by atomic mass is 16.4. The SMILES string of the molecule is CC(CNC(=O)CN1CCCCCCC1=O)C(=O)O. The zero-order chi connectivity index (χ0) is 14.3. The predicted molar refractivity (Wildman–Crippen MR) is 69.5 cm³/mol. The van der Waals surface area contributed by atoms with Crippen molar-refractivity contribution in [3.8, 4) is 0 Å². The van der Waals surface area contributed by atoms with Gasteiger partial charge in [-0.15, -0.1) is 0 Å². The zero-order valence-corrected chi connectivity index (χ0v) is 11.4. The molecule has 0 bridgehead atoms. The van der Waals surface area contributed by atoms with Crippen LogP contribution < -0.4 is 5.32 Å². The number of aliphatic carboxylic acids is 1. The van der Waals surface area contributed by atoms with Gasteiger partial charge in [0, 0.05) is 19.5 Å². The van der Waals surface area contributed by atoms with Crippen LogP contribution in [0.25, 0.3) is 0 Å². The van der Waals surface area contributed by atoms with Gasteiger partial charge in [0.1, 0.15) is 0 Å². The first-order valence-electron chi connectivity index (χ1n) is 6.78. The molecule has 1 aliphatic rings. The summed E-state index contributed by atoms with van der Waals surface area (Å²) in [6.45, 7) is 2.27. The molecule has 0 aromatic carbocycles. The maximum atomic E-state index is 11.8. The highest BCUT2D eigenvalue weighted by Crippen LogP contribution is 2.11. The van der Waals surface area contributed by atoms with Gasteiger partial charge in [-0.05, 0) is 12.8 Å². The van der Waals surface area contributed by atoms with E-state index in [2.05, 4.69) is 5.32 Å². The third-order valence-electron chi connectivity index (χ3n) is 3.28. The lowest BCUT2D eigenvalue weighted by Gasteiger charge is -2.24. The number of nitrogens with zero attached hydrogens (tertiary/aromatic N) is 1. The highest BCUT2D eigenvalue weighted by Gasteiger charge is 2.19. The van der Waals surface area contributed by atoms with E-state index < -0.39 is 11.9 Å². The number of carbonyl (C=O) groups excluding carboxylic acids is 2. The average molecular weight is 270 g/mol. The molecule has 0 aromatic heterocycles. The molecular formula is C13H22N2O4. The Labute approximate surface area is 113 Å². The molecule has 0 spiro atoms. The lowest BCUT2D eigenvalue weighted by molar-refractivity contribution is -0.141. The van der Waals surface area contributed by atoms with Crippen LogP contribution in [0.2, 0.25) is 0 Å². The van der Waals surface area contributed by atoms with E-state index in [1.165, 1.54) is 6.92 Å². The normalized spacial score (nSPS) is 18.4. The van der Waals surface area contributed by atoms with Gasteiger partial charge in [-0.25, -0.2) is 0 Å². The summed E-state index contributed by atoms with van der Waals surface area (Å²) in [6, 6.07) is 0. The fourth-order valence-electron chi connectivity index (χ4n) is 1.97. The van der Waals surface area contributed by atoms with Crippen molar-refractivity contribution in [2.75, 3.05) is 19.6 Å². The molecule has 0 aromatic rings. The van der Waals surface area contributed by atoms with E-state index in [0.717, 1.165) is 25.7 Å². The van der Waals surface area contributed by atoms with Gasteiger partial charge < -0.3 is 15.3 Å². The Bertz CT molecular complexity index is 344. The van der Waals surface area contributed by atoms with Gasteiger partial charge in [-0.3, -0.25) is 14.4 Å². The lowest BCUT2D eigenvalue weighted by atomic mass is 10.1. The van der Waals surface area contributed by atoms with Crippen LogP contribution in [0.5, 0.6) is 0 Å². The summed E-state index contributed by atoms with van der Waals surface area (Å²) in [5.74, 6) is -1.84. The largest absolute Gasteiger partial charge is 0.481 e. The molecule has 1 unspecified atom stereocenters. The number of amides is 2. The van der Waals surface area contributed by atoms with E-state index in [-0.39, 0.29) is 24.9 Å². The summed E-state index contributed by atoms with van der Waals surface area (Å²) < 4.78 is 0. The van der Waals surface area contributed by atoms with E-state index in [1.807, 2.05) is 0 Å². The summed E-state index contributed by atoms with van der Waals surface area (Å²) in [5.41, 5.74) is 0. The van der Waals surface area contributed by atoms with Gasteiger partial charge in [0.2, 0.25) is 11.8 Å². The van der Waals surface area contributed by atoms with Crippen LogP contribution in [0.15, 0.2) is 0 Å². The van der Waals surface area contributed by atoms with Crippen LogP contribution in [-0.2, 0) is 14.4 Å². The van der Waals surface area contributed by atoms with Crippen LogP contribution >= 0.6 is 0 Å². The summed E-state index contributed by atoms with van der Waals surface area (Å²) in [7, 11) is 0. The Morgan fingerprint density at radius 3 is 2.68 bits per heavy atom. The summed E-state index contributed by atoms with van der Waals surface area (Å²) in [6.07, 6.45) is 4.46. The van der Waals surface area contributed by atoms with E-state index in [4.69, 9.17) is 5.11 Å². The Hall–Kier alpha value is -1.59. The first-order valence-corrected chi connectivity index (χ1v) is 6.78. The maximum absolute atomic E-state index is 11.8. The summed E-state index contributed by atoms with van der Waals surface area (Å²) in [4.78, 5) is 35.7. The average Bonchev–Trinajstić information content (AvgIpc) is 2.35. The van der Waals surface area contributed by atoms with Gasteiger partial charge in [0.15, 0.2) is 0 Å². The quantitative estimate of drug-likeness (QED) is 0.766. The summed E-state index contributed by atoms with van der Waals surface area (Å²) in [5, 5.41) is 11.3. The Balaban J connectivity index is 2.36. The number of hydrogen-bond acceptors (Lipinski definition) is 3. The van der Waals surface area contributed by atoms with Crippen molar-refractivity contribution >= 4 is 17.8 Å². The topological polar surface area (TPSA) is 86.7 Å². The molecule has 1 aliphatic heterocycles. The number of carboxylic acids is 1. The van der Waals surface area contributed by atoms with Crippen molar-refractivity contribution in [3.63, 3.8) is 0 Å². The van der Waals surface area contributed by atoms with Gasteiger partial charge in [0.05, 0.1) is 12.5 Å². The Kier molecular flexibility index (Phi) is 6.32. The van der Waals surface area contributed by atoms with E-state index >= 15 is 0 Å². The van der Waals surface area contributed by atoms with Gasteiger partial charge in [0.25, 0.3) is 0 Å². The Morgan fingerprint density at radius 1 is 1.32 bits per heavy atom. The number of likely N-dealkylation sites (tertiary alicyclic amines) is 1. The van der Waals surface area contributed by atoms with Gasteiger partial charge >= 0.3 is 5.97 Å². The number of nitrogens with one attached hydrogen (secondary N) is 1. The molecule has 1 heterocycles. The van der Waals surface area contributed by atoms with Crippen molar-refractivity contribution in [1.82, 2.24) is 10.2 Å². The highest BCUT2D eigenvalue weighted by molar-refractivity contribution is 5.85. The maximum Gasteiger partial charge on any atom is 0.308 e. The molecule has 2 N–H and O–H groups in total. The fraction of sp³-hybridized carbons (Fsp3) is 0.769. The summed E-state index contributed by atoms with van der Waals surface area (Å²) >= 11 is 0. The zero-order valence-electron chi connectivity index (χ0n) is 11.4. The van der Waals surface area contributed by atoms with Crippen molar-refractivity contribution < 1.29 is 19.5 Å². The molecule has 0 radical (unpaired) electrons. The smallest absolute Gasteiger partial charge is 0.308 e. The molecule has 2 amide bonds. The van der Waals surface area contributed by atoms with Crippen LogP contribution in [-0.4, -0.2) is 47.4 Å². The van der Waals surface area contributed by atoms with Crippen LogP contribution in [0.4, 0.5) is 0 Å². The standard InChI is InChI=1S/C13H22N2O4/c1-10(13(18)19)8-14-11(16)9-15-7-5-3-2-4-6-12(15)17/h10H,2-9H2,1H3,(H,14,16)(H,18,19). The van der Waals surface area contributed by atoms with E-state index in [0.29, 0.717) is 13.0 Å². The van der Waals surface area contributed by atoms with E-state index in [1.54, 1.807) is 4.90 Å². The second-order valence-electron chi connectivity index (χ2n) is 5.02. The van der Waals surface area contributed by atoms with Crippen LogP contribution in [0.3, 0.4) is 0 Å². The molecular weight excluding hydrogens is 248 g/mol. The Morgan fingerprint density at radius 2 is 2.00 bits per heavy atom. The molecule has 1 rings (SSSR count). The monoisotopic (exact) mass is 270 g/mol. The lowest BCUT2D eigenvalue weighted by Crippen LogP contribution is -2.43. The molecule has 1 saturated heterocycles. The number of carboxylic acid groups (broad SMARTS) is 1. The predicted octanol–water partition coefficient (Wildman–Crippen LogP) is 0.616. The number of hydrogen-bond donors (Lipinski definition) is 2. The number of rotatable bonds is 5. The molecule has 6 nitrogen and oxygen atoms in total. The van der Waals surface area contributed by atoms with Gasteiger partial charge in [-0.1, -0.05) is 19.8 Å². The van der Waals surface area contributed by atoms with Crippen molar-refractivity contribution in [2.24, 2.45) is 5.92 Å². The molecule has 19 heavy (non-hydrogen) atoms. The van der Waals surface area contributed by atoms with Crippen molar-refractivity contribution in [2.45, 2.75) is 39.0 Å². The number of carbonyl (C=O) groups is 3. The van der Waals surface area contributed by atoms with Gasteiger partial charge in [-0.2, -0.15) is 0 Å².